The van der Waals surface area contributed by atoms with Crippen LogP contribution in [0.3, 0.4) is 0 Å². The Bertz CT molecular complexity index is 445. The molecule has 0 spiro atoms. The standard InChI is InChI=1S/C12H15NOS/c1-12(2)5-3-8-9(12)7-4-6-13-11(14)10(7)15-8/h3-6H2,1-2H3,(H,13,14). The first-order valence-electron chi connectivity index (χ1n) is 5.53. The first-order valence-corrected chi connectivity index (χ1v) is 6.34. The lowest BCUT2D eigenvalue weighted by atomic mass is 9.83. The van der Waals surface area contributed by atoms with E-state index in [0.29, 0.717) is 0 Å². The van der Waals surface area contributed by atoms with Gasteiger partial charge in [0.25, 0.3) is 5.91 Å². The SMILES string of the molecule is CC1(C)CCc2sc3c(c21)CCNC3=O. The topological polar surface area (TPSA) is 29.1 Å². The van der Waals surface area contributed by atoms with Crippen molar-refractivity contribution in [1.82, 2.24) is 5.32 Å². The molecule has 0 fully saturated rings. The molecule has 3 heteroatoms. The van der Waals surface area contributed by atoms with Crippen LogP contribution in [-0.2, 0) is 18.3 Å². The van der Waals surface area contributed by atoms with Crippen LogP contribution in [-0.4, -0.2) is 12.5 Å². The molecule has 15 heavy (non-hydrogen) atoms. The molecule has 3 rings (SSSR count). The van der Waals surface area contributed by atoms with Crippen molar-refractivity contribution in [3.8, 4) is 0 Å². The van der Waals surface area contributed by atoms with Gasteiger partial charge in [0, 0.05) is 11.4 Å². The largest absolute Gasteiger partial charge is 0.351 e. The summed E-state index contributed by atoms with van der Waals surface area (Å²) in [5.41, 5.74) is 3.13. The Morgan fingerprint density at radius 1 is 1.33 bits per heavy atom. The Labute approximate surface area is 93.7 Å². The summed E-state index contributed by atoms with van der Waals surface area (Å²) >= 11 is 1.72. The second-order valence-electron chi connectivity index (χ2n) is 5.10. The molecule has 2 nitrogen and oxygen atoms in total. The number of rotatable bonds is 0. The predicted octanol–water partition coefficient (Wildman–Crippen LogP) is 2.26. The highest BCUT2D eigenvalue weighted by Crippen LogP contribution is 2.46. The van der Waals surface area contributed by atoms with Gasteiger partial charge in [0.2, 0.25) is 0 Å². The predicted molar refractivity (Wildman–Crippen MR) is 61.7 cm³/mol. The Kier molecular flexibility index (Phi) is 1.78. The summed E-state index contributed by atoms with van der Waals surface area (Å²) in [6, 6.07) is 0. The lowest BCUT2D eigenvalue weighted by molar-refractivity contribution is 0.0950. The van der Waals surface area contributed by atoms with Crippen molar-refractivity contribution in [3.63, 3.8) is 0 Å². The van der Waals surface area contributed by atoms with E-state index in [1.807, 2.05) is 0 Å². The smallest absolute Gasteiger partial charge is 0.261 e. The molecule has 80 valence electrons. The van der Waals surface area contributed by atoms with Gasteiger partial charge < -0.3 is 5.32 Å². The van der Waals surface area contributed by atoms with Crippen LogP contribution in [0.15, 0.2) is 0 Å². The summed E-state index contributed by atoms with van der Waals surface area (Å²) in [4.78, 5) is 14.1. The third kappa shape index (κ3) is 1.19. The third-order valence-electron chi connectivity index (χ3n) is 3.60. The molecule has 2 heterocycles. The fourth-order valence-electron chi connectivity index (χ4n) is 2.83. The lowest BCUT2D eigenvalue weighted by Gasteiger charge is -2.22. The molecule has 0 aromatic carbocycles. The van der Waals surface area contributed by atoms with Crippen LogP contribution in [0.1, 0.15) is 45.9 Å². The van der Waals surface area contributed by atoms with E-state index in [1.54, 1.807) is 11.3 Å². The van der Waals surface area contributed by atoms with Crippen molar-refractivity contribution in [2.75, 3.05) is 6.54 Å². The van der Waals surface area contributed by atoms with Crippen LogP contribution >= 0.6 is 11.3 Å². The van der Waals surface area contributed by atoms with E-state index in [-0.39, 0.29) is 11.3 Å². The van der Waals surface area contributed by atoms with Crippen molar-refractivity contribution in [3.05, 3.63) is 20.9 Å². The molecule has 0 radical (unpaired) electrons. The molecule has 1 N–H and O–H groups in total. The highest BCUT2D eigenvalue weighted by molar-refractivity contribution is 7.14. The van der Waals surface area contributed by atoms with Crippen LogP contribution in [0.5, 0.6) is 0 Å². The molecule has 0 bridgehead atoms. The van der Waals surface area contributed by atoms with Crippen molar-refractivity contribution < 1.29 is 4.79 Å². The third-order valence-corrected chi connectivity index (χ3v) is 4.89. The van der Waals surface area contributed by atoms with Gasteiger partial charge in [0.1, 0.15) is 0 Å². The monoisotopic (exact) mass is 221 g/mol. The zero-order chi connectivity index (χ0) is 10.6. The quantitative estimate of drug-likeness (QED) is 0.715. The van der Waals surface area contributed by atoms with E-state index in [0.717, 1.165) is 24.3 Å². The number of amides is 1. The van der Waals surface area contributed by atoms with Crippen LogP contribution in [0.2, 0.25) is 0 Å². The number of fused-ring (bicyclic) bond motifs is 3. The van der Waals surface area contributed by atoms with Gasteiger partial charge in [-0.05, 0) is 35.8 Å². The number of hydrogen-bond donors (Lipinski definition) is 1. The normalized spacial score (nSPS) is 22.1. The summed E-state index contributed by atoms with van der Waals surface area (Å²) < 4.78 is 0. The maximum absolute atomic E-state index is 11.7. The van der Waals surface area contributed by atoms with Crippen LogP contribution in [0.4, 0.5) is 0 Å². The summed E-state index contributed by atoms with van der Waals surface area (Å²) in [5.74, 6) is 0.145. The van der Waals surface area contributed by atoms with Gasteiger partial charge >= 0.3 is 0 Å². The van der Waals surface area contributed by atoms with E-state index in [1.165, 1.54) is 22.4 Å². The van der Waals surface area contributed by atoms with E-state index < -0.39 is 0 Å². The maximum atomic E-state index is 11.7. The summed E-state index contributed by atoms with van der Waals surface area (Å²) in [5, 5.41) is 2.93. The van der Waals surface area contributed by atoms with Crippen molar-refractivity contribution in [2.24, 2.45) is 0 Å². The number of aryl methyl sites for hydroxylation is 1. The van der Waals surface area contributed by atoms with Crippen molar-refractivity contribution >= 4 is 17.2 Å². The van der Waals surface area contributed by atoms with E-state index in [4.69, 9.17) is 0 Å². The zero-order valence-electron chi connectivity index (χ0n) is 9.14. The number of carbonyl (C=O) groups excluding carboxylic acids is 1. The number of thiophene rings is 1. The number of hydrogen-bond acceptors (Lipinski definition) is 2. The molecule has 0 atom stereocenters. The Morgan fingerprint density at radius 3 is 2.93 bits per heavy atom. The van der Waals surface area contributed by atoms with E-state index >= 15 is 0 Å². The fraction of sp³-hybridized carbons (Fsp3) is 0.583. The minimum absolute atomic E-state index is 0.145. The maximum Gasteiger partial charge on any atom is 0.261 e. The summed E-state index contributed by atoms with van der Waals surface area (Å²) in [6.45, 7) is 5.42. The molecule has 1 aromatic rings. The highest BCUT2D eigenvalue weighted by atomic mass is 32.1. The molecular formula is C12H15NOS. The van der Waals surface area contributed by atoms with Gasteiger partial charge in [-0.15, -0.1) is 11.3 Å². The zero-order valence-corrected chi connectivity index (χ0v) is 9.96. The molecule has 2 aliphatic rings. The van der Waals surface area contributed by atoms with Crippen molar-refractivity contribution in [1.29, 1.82) is 0 Å². The number of carbonyl (C=O) groups is 1. The molecule has 0 saturated heterocycles. The first-order chi connectivity index (χ1) is 7.09. The van der Waals surface area contributed by atoms with E-state index in [9.17, 15) is 4.79 Å². The van der Waals surface area contributed by atoms with Gasteiger partial charge in [0.15, 0.2) is 0 Å². The molecule has 1 aromatic heterocycles. The van der Waals surface area contributed by atoms with Crippen LogP contribution in [0.25, 0.3) is 0 Å². The van der Waals surface area contributed by atoms with Gasteiger partial charge in [0.05, 0.1) is 4.88 Å². The van der Waals surface area contributed by atoms with Gasteiger partial charge in [-0.2, -0.15) is 0 Å². The molecule has 1 amide bonds. The van der Waals surface area contributed by atoms with Crippen LogP contribution < -0.4 is 5.32 Å². The second-order valence-corrected chi connectivity index (χ2v) is 6.20. The summed E-state index contributed by atoms with van der Waals surface area (Å²) in [7, 11) is 0. The average molecular weight is 221 g/mol. The fourth-order valence-corrected chi connectivity index (χ4v) is 4.28. The Balaban J connectivity index is 2.22. The molecule has 0 saturated carbocycles. The first kappa shape index (κ1) is 9.40. The van der Waals surface area contributed by atoms with E-state index in [2.05, 4.69) is 19.2 Å². The van der Waals surface area contributed by atoms with Gasteiger partial charge in [-0.3, -0.25) is 4.79 Å². The van der Waals surface area contributed by atoms with Crippen molar-refractivity contribution in [2.45, 2.75) is 38.5 Å². The highest BCUT2D eigenvalue weighted by Gasteiger charge is 2.37. The molecular weight excluding hydrogens is 206 g/mol. The average Bonchev–Trinajstić information content (AvgIpc) is 2.67. The van der Waals surface area contributed by atoms with Gasteiger partial charge in [-0.25, -0.2) is 0 Å². The molecule has 1 aliphatic heterocycles. The van der Waals surface area contributed by atoms with Gasteiger partial charge in [-0.1, -0.05) is 13.8 Å². The minimum Gasteiger partial charge on any atom is -0.351 e. The Hall–Kier alpha value is -0.830. The molecule has 0 unspecified atom stereocenters. The lowest BCUT2D eigenvalue weighted by Crippen LogP contribution is -2.31. The second kappa shape index (κ2) is 2.85. The number of nitrogens with one attached hydrogen (secondary N) is 1. The van der Waals surface area contributed by atoms with Crippen LogP contribution in [0, 0.1) is 0 Å². The Morgan fingerprint density at radius 2 is 2.13 bits per heavy atom. The summed E-state index contributed by atoms with van der Waals surface area (Å²) in [6.07, 6.45) is 3.42. The minimum atomic E-state index is 0.145. The molecule has 1 aliphatic carbocycles.